The van der Waals surface area contributed by atoms with Crippen molar-refractivity contribution in [2.45, 2.75) is 62.3 Å². The molecule has 2 aromatic rings. The van der Waals surface area contributed by atoms with E-state index in [1.807, 2.05) is 0 Å². The highest BCUT2D eigenvalue weighted by Gasteiger charge is 2.26. The fourth-order valence-corrected chi connectivity index (χ4v) is 5.38. The standard InChI is InChI=1S/C18H23FN4O3S2/c1-2-15(23-28(25,26)14-10-8-13(19)9-11-14)16(24)20-18-22-21-17(27-18)12-6-4-3-5-7-12/h8-12,15,23H,2-7H2,1H3,(H,20,22,24). The lowest BCUT2D eigenvalue weighted by Gasteiger charge is -2.18. The summed E-state index contributed by atoms with van der Waals surface area (Å²) in [6, 6.07) is 3.46. The Balaban J connectivity index is 1.65. The molecule has 152 valence electrons. The molecule has 2 N–H and O–H groups in total. The molecule has 1 heterocycles. The van der Waals surface area contributed by atoms with Crippen molar-refractivity contribution in [3.8, 4) is 0 Å². The second-order valence-electron chi connectivity index (χ2n) is 6.81. The lowest BCUT2D eigenvalue weighted by molar-refractivity contribution is -0.117. The number of rotatable bonds is 7. The van der Waals surface area contributed by atoms with Gasteiger partial charge in [0.15, 0.2) is 0 Å². The number of hydrogen-bond donors (Lipinski definition) is 2. The zero-order valence-corrected chi connectivity index (χ0v) is 17.2. The van der Waals surface area contributed by atoms with E-state index in [0.29, 0.717) is 11.0 Å². The van der Waals surface area contributed by atoms with Gasteiger partial charge in [-0.1, -0.05) is 37.5 Å². The molecular weight excluding hydrogens is 403 g/mol. The van der Waals surface area contributed by atoms with Crippen molar-refractivity contribution in [3.05, 3.63) is 35.1 Å². The summed E-state index contributed by atoms with van der Waals surface area (Å²) in [5, 5.41) is 12.2. The van der Waals surface area contributed by atoms with Crippen LogP contribution in [0.25, 0.3) is 0 Å². The Morgan fingerprint density at radius 1 is 1.21 bits per heavy atom. The molecule has 1 aliphatic rings. The second-order valence-corrected chi connectivity index (χ2v) is 9.53. The second kappa shape index (κ2) is 9.06. The molecule has 0 bridgehead atoms. The Kier molecular flexibility index (Phi) is 6.73. The van der Waals surface area contributed by atoms with Gasteiger partial charge in [-0.25, -0.2) is 12.8 Å². The first kappa shape index (κ1) is 20.8. The molecular formula is C18H23FN4O3S2. The molecule has 1 fully saturated rings. The van der Waals surface area contributed by atoms with E-state index in [9.17, 15) is 17.6 Å². The number of benzene rings is 1. The summed E-state index contributed by atoms with van der Waals surface area (Å²) in [5.41, 5.74) is 0. The summed E-state index contributed by atoms with van der Waals surface area (Å²) in [4.78, 5) is 12.4. The van der Waals surface area contributed by atoms with Gasteiger partial charge in [-0.2, -0.15) is 4.72 Å². The van der Waals surface area contributed by atoms with Crippen molar-refractivity contribution in [2.75, 3.05) is 5.32 Å². The average molecular weight is 427 g/mol. The predicted molar refractivity (Wildman–Crippen MR) is 105 cm³/mol. The normalized spacial score (nSPS) is 16.6. The fraction of sp³-hybridized carbons (Fsp3) is 0.500. The van der Waals surface area contributed by atoms with Gasteiger partial charge in [0.05, 0.1) is 4.90 Å². The van der Waals surface area contributed by atoms with Crippen LogP contribution < -0.4 is 10.0 Å². The Morgan fingerprint density at radius 2 is 1.89 bits per heavy atom. The molecule has 1 unspecified atom stereocenters. The highest BCUT2D eigenvalue weighted by molar-refractivity contribution is 7.89. The molecule has 28 heavy (non-hydrogen) atoms. The number of hydrogen-bond acceptors (Lipinski definition) is 6. The monoisotopic (exact) mass is 426 g/mol. The maximum absolute atomic E-state index is 13.0. The first-order valence-electron chi connectivity index (χ1n) is 9.31. The van der Waals surface area contributed by atoms with Crippen molar-refractivity contribution < 1.29 is 17.6 Å². The van der Waals surface area contributed by atoms with Gasteiger partial charge in [-0.15, -0.1) is 10.2 Å². The van der Waals surface area contributed by atoms with E-state index in [-0.39, 0.29) is 11.3 Å². The van der Waals surface area contributed by atoms with Crippen LogP contribution in [0.3, 0.4) is 0 Å². The fourth-order valence-electron chi connectivity index (χ4n) is 3.18. The molecule has 1 saturated carbocycles. The van der Waals surface area contributed by atoms with Crippen LogP contribution in [0, 0.1) is 5.82 Å². The molecule has 7 nitrogen and oxygen atoms in total. The Hall–Kier alpha value is -1.91. The van der Waals surface area contributed by atoms with Crippen LogP contribution in [0.2, 0.25) is 0 Å². The van der Waals surface area contributed by atoms with Crippen molar-refractivity contribution in [3.63, 3.8) is 0 Å². The summed E-state index contributed by atoms with van der Waals surface area (Å²) >= 11 is 1.34. The van der Waals surface area contributed by atoms with Gasteiger partial charge >= 0.3 is 0 Å². The van der Waals surface area contributed by atoms with Crippen LogP contribution in [0.4, 0.5) is 9.52 Å². The highest BCUT2D eigenvalue weighted by Crippen LogP contribution is 2.35. The van der Waals surface area contributed by atoms with Crippen LogP contribution in [0.15, 0.2) is 29.2 Å². The minimum absolute atomic E-state index is 0.101. The maximum Gasteiger partial charge on any atom is 0.244 e. The molecule has 3 rings (SSSR count). The minimum atomic E-state index is -3.95. The van der Waals surface area contributed by atoms with E-state index in [0.717, 1.165) is 42.1 Å². The molecule has 1 amide bonds. The molecule has 1 aliphatic carbocycles. The third-order valence-corrected chi connectivity index (χ3v) is 7.26. The number of aromatic nitrogens is 2. The number of amides is 1. The summed E-state index contributed by atoms with van der Waals surface area (Å²) < 4.78 is 40.3. The van der Waals surface area contributed by atoms with Gasteiger partial charge in [0.1, 0.15) is 16.9 Å². The quantitative estimate of drug-likeness (QED) is 0.706. The number of nitrogens with one attached hydrogen (secondary N) is 2. The van der Waals surface area contributed by atoms with Gasteiger partial charge in [-0.05, 0) is 43.5 Å². The van der Waals surface area contributed by atoms with Crippen LogP contribution >= 0.6 is 11.3 Å². The SMILES string of the molecule is CCC(NS(=O)(=O)c1ccc(F)cc1)C(=O)Nc1nnc(C2CCCCC2)s1. The molecule has 1 aromatic carbocycles. The topological polar surface area (TPSA) is 101 Å². The van der Waals surface area contributed by atoms with E-state index < -0.39 is 27.8 Å². The molecule has 1 aromatic heterocycles. The van der Waals surface area contributed by atoms with Gasteiger partial charge in [0, 0.05) is 5.92 Å². The molecule has 0 saturated heterocycles. The van der Waals surface area contributed by atoms with Gasteiger partial charge in [0.2, 0.25) is 21.1 Å². The summed E-state index contributed by atoms with van der Waals surface area (Å²) in [7, 11) is -3.95. The molecule has 10 heteroatoms. The number of carbonyl (C=O) groups is 1. The van der Waals surface area contributed by atoms with Crippen LogP contribution in [0.1, 0.15) is 56.4 Å². The largest absolute Gasteiger partial charge is 0.299 e. The Bertz CT molecular complexity index is 909. The summed E-state index contributed by atoms with van der Waals surface area (Å²) in [5.74, 6) is -0.649. The zero-order valence-electron chi connectivity index (χ0n) is 15.5. The average Bonchev–Trinajstić information content (AvgIpc) is 3.15. The summed E-state index contributed by atoms with van der Waals surface area (Å²) in [6.07, 6.45) is 6.01. The molecule has 0 aliphatic heterocycles. The Morgan fingerprint density at radius 3 is 2.54 bits per heavy atom. The highest BCUT2D eigenvalue weighted by atomic mass is 32.2. The first-order chi connectivity index (χ1) is 13.4. The van der Waals surface area contributed by atoms with Crippen molar-refractivity contribution in [1.29, 1.82) is 0 Å². The van der Waals surface area contributed by atoms with E-state index >= 15 is 0 Å². The Labute approximate surface area is 167 Å². The molecule has 0 radical (unpaired) electrons. The van der Waals surface area contributed by atoms with Crippen molar-refractivity contribution >= 4 is 32.4 Å². The number of halogens is 1. The van der Waals surface area contributed by atoms with E-state index in [1.54, 1.807) is 6.92 Å². The molecule has 0 spiro atoms. The number of carbonyl (C=O) groups excluding carboxylic acids is 1. The first-order valence-corrected chi connectivity index (χ1v) is 11.6. The lowest BCUT2D eigenvalue weighted by atomic mass is 9.90. The predicted octanol–water partition coefficient (Wildman–Crippen LogP) is 3.42. The lowest BCUT2D eigenvalue weighted by Crippen LogP contribution is -2.43. The van der Waals surface area contributed by atoms with Gasteiger partial charge in [-0.3, -0.25) is 10.1 Å². The van der Waals surface area contributed by atoms with Crippen LogP contribution in [-0.4, -0.2) is 30.6 Å². The third kappa shape index (κ3) is 5.12. The zero-order chi connectivity index (χ0) is 20.1. The summed E-state index contributed by atoms with van der Waals surface area (Å²) in [6.45, 7) is 1.70. The van der Waals surface area contributed by atoms with Gasteiger partial charge < -0.3 is 0 Å². The van der Waals surface area contributed by atoms with Gasteiger partial charge in [0.25, 0.3) is 0 Å². The molecule has 1 atom stereocenters. The smallest absolute Gasteiger partial charge is 0.244 e. The van der Waals surface area contributed by atoms with E-state index in [4.69, 9.17) is 0 Å². The number of anilines is 1. The number of sulfonamides is 1. The van der Waals surface area contributed by atoms with E-state index in [2.05, 4.69) is 20.2 Å². The van der Waals surface area contributed by atoms with Crippen molar-refractivity contribution in [2.24, 2.45) is 0 Å². The van der Waals surface area contributed by atoms with Crippen LogP contribution in [0.5, 0.6) is 0 Å². The number of nitrogens with zero attached hydrogens (tertiary/aromatic N) is 2. The van der Waals surface area contributed by atoms with E-state index in [1.165, 1.54) is 30.6 Å². The van der Waals surface area contributed by atoms with Crippen molar-refractivity contribution in [1.82, 2.24) is 14.9 Å². The minimum Gasteiger partial charge on any atom is -0.299 e. The van der Waals surface area contributed by atoms with Crippen LogP contribution in [-0.2, 0) is 14.8 Å². The third-order valence-electron chi connectivity index (χ3n) is 4.77. The maximum atomic E-state index is 13.0.